The van der Waals surface area contributed by atoms with Gasteiger partial charge in [-0.25, -0.2) is 5.01 Å². The van der Waals surface area contributed by atoms with Gasteiger partial charge in [0, 0.05) is 25.2 Å². The van der Waals surface area contributed by atoms with E-state index in [-0.39, 0.29) is 11.9 Å². The van der Waals surface area contributed by atoms with Gasteiger partial charge in [-0.15, -0.1) is 0 Å². The van der Waals surface area contributed by atoms with Crippen molar-refractivity contribution in [2.45, 2.75) is 32.7 Å². The second-order valence-electron chi connectivity index (χ2n) is 6.53. The van der Waals surface area contributed by atoms with E-state index in [1.54, 1.807) is 17.4 Å². The van der Waals surface area contributed by atoms with Crippen LogP contribution in [0.3, 0.4) is 0 Å². The van der Waals surface area contributed by atoms with Gasteiger partial charge in [-0.3, -0.25) is 14.8 Å². The Kier molecular flexibility index (Phi) is 4.21. The number of aromatic nitrogens is 2. The van der Waals surface area contributed by atoms with Crippen molar-refractivity contribution in [1.82, 2.24) is 15.0 Å². The van der Waals surface area contributed by atoms with Crippen LogP contribution in [0.4, 0.5) is 0 Å². The summed E-state index contributed by atoms with van der Waals surface area (Å²) in [7, 11) is 0. The highest BCUT2D eigenvalue weighted by Gasteiger charge is 2.32. The third-order valence-electron chi connectivity index (χ3n) is 4.73. The maximum absolute atomic E-state index is 12.5. The molecule has 1 aliphatic heterocycles. The fourth-order valence-corrected chi connectivity index (χ4v) is 3.27. The summed E-state index contributed by atoms with van der Waals surface area (Å²) in [5, 5.41) is 6.29. The van der Waals surface area contributed by atoms with Crippen molar-refractivity contribution in [2.75, 3.05) is 0 Å². The molecule has 4 rings (SSSR count). The van der Waals surface area contributed by atoms with Crippen LogP contribution in [0.2, 0.25) is 0 Å². The molecular formula is C21H20N4O. The van der Waals surface area contributed by atoms with Gasteiger partial charge in [0.25, 0.3) is 0 Å². The van der Waals surface area contributed by atoms with Crippen molar-refractivity contribution in [3.05, 3.63) is 71.5 Å². The summed E-state index contributed by atoms with van der Waals surface area (Å²) < 4.78 is 0. The number of fused-ring (bicyclic) bond motifs is 1. The quantitative estimate of drug-likeness (QED) is 0.721. The predicted molar refractivity (Wildman–Crippen MR) is 102 cm³/mol. The molecule has 1 aromatic heterocycles. The molecule has 0 bridgehead atoms. The molecule has 3 aromatic rings. The lowest BCUT2D eigenvalue weighted by Gasteiger charge is -2.21. The van der Waals surface area contributed by atoms with E-state index in [4.69, 9.17) is 0 Å². The molecule has 1 aliphatic rings. The number of rotatable bonds is 3. The van der Waals surface area contributed by atoms with E-state index in [1.165, 1.54) is 5.56 Å². The smallest absolute Gasteiger partial charge is 0.242 e. The van der Waals surface area contributed by atoms with Crippen molar-refractivity contribution in [3.8, 4) is 0 Å². The summed E-state index contributed by atoms with van der Waals surface area (Å²) in [5.74, 6) is 0.0244. The molecule has 26 heavy (non-hydrogen) atoms. The first-order chi connectivity index (χ1) is 12.7. The van der Waals surface area contributed by atoms with Crippen LogP contribution < -0.4 is 0 Å². The summed E-state index contributed by atoms with van der Waals surface area (Å²) in [5.41, 5.74) is 5.92. The van der Waals surface area contributed by atoms with Crippen LogP contribution in [0.1, 0.15) is 42.5 Å². The summed E-state index contributed by atoms with van der Waals surface area (Å²) in [6.07, 6.45) is 4.49. The minimum absolute atomic E-state index is 0.0244. The molecule has 0 saturated carbocycles. The van der Waals surface area contributed by atoms with Gasteiger partial charge in [0.1, 0.15) is 0 Å². The molecular weight excluding hydrogens is 324 g/mol. The van der Waals surface area contributed by atoms with Crippen LogP contribution in [-0.4, -0.2) is 26.6 Å². The molecule has 1 amide bonds. The van der Waals surface area contributed by atoms with Crippen molar-refractivity contribution in [3.63, 3.8) is 0 Å². The zero-order valence-corrected chi connectivity index (χ0v) is 14.9. The number of carbonyl (C=O) groups is 1. The van der Waals surface area contributed by atoms with Gasteiger partial charge in [0.15, 0.2) is 0 Å². The lowest BCUT2D eigenvalue weighted by atomic mass is 9.97. The second-order valence-corrected chi connectivity index (χ2v) is 6.53. The number of hydrogen-bond donors (Lipinski definition) is 0. The number of aryl methyl sites for hydroxylation is 1. The molecule has 0 spiro atoms. The number of carbonyl (C=O) groups excluding carboxylic acids is 1. The Bertz CT molecular complexity index is 994. The number of hydrogen-bond acceptors (Lipinski definition) is 4. The summed E-state index contributed by atoms with van der Waals surface area (Å²) in [6.45, 7) is 3.93. The molecule has 0 radical (unpaired) electrons. The van der Waals surface area contributed by atoms with Gasteiger partial charge in [0.05, 0.1) is 22.8 Å². The number of hydrazone groups is 1. The van der Waals surface area contributed by atoms with Crippen LogP contribution in [0.15, 0.2) is 60.0 Å². The van der Waals surface area contributed by atoms with Gasteiger partial charge in [-0.2, -0.15) is 5.10 Å². The maximum atomic E-state index is 12.5. The van der Waals surface area contributed by atoms with Crippen LogP contribution in [0.5, 0.6) is 0 Å². The van der Waals surface area contributed by atoms with E-state index in [2.05, 4.69) is 46.3 Å². The van der Waals surface area contributed by atoms with E-state index in [1.807, 2.05) is 25.1 Å². The molecule has 2 aromatic carbocycles. The van der Waals surface area contributed by atoms with Gasteiger partial charge < -0.3 is 0 Å². The molecule has 0 fully saturated rings. The van der Waals surface area contributed by atoms with E-state index in [9.17, 15) is 4.79 Å². The minimum atomic E-state index is -0.106. The third-order valence-corrected chi connectivity index (χ3v) is 4.73. The molecule has 5 nitrogen and oxygen atoms in total. The van der Waals surface area contributed by atoms with E-state index >= 15 is 0 Å². The Morgan fingerprint density at radius 3 is 2.54 bits per heavy atom. The van der Waals surface area contributed by atoms with Crippen LogP contribution in [0, 0.1) is 6.92 Å². The fourth-order valence-electron chi connectivity index (χ4n) is 3.27. The lowest BCUT2D eigenvalue weighted by molar-refractivity contribution is -0.132. The molecule has 130 valence electrons. The Hall–Kier alpha value is -3.08. The Labute approximate surface area is 152 Å². The summed E-state index contributed by atoms with van der Waals surface area (Å²) >= 11 is 0. The first-order valence-electron chi connectivity index (χ1n) is 8.83. The average Bonchev–Trinajstić information content (AvgIpc) is 3.13. The summed E-state index contributed by atoms with van der Waals surface area (Å²) in [4.78, 5) is 21.2. The molecule has 0 N–H and O–H groups in total. The topological polar surface area (TPSA) is 58.5 Å². The molecule has 2 heterocycles. The Morgan fingerprint density at radius 2 is 1.81 bits per heavy atom. The number of benzene rings is 2. The van der Waals surface area contributed by atoms with E-state index in [0.29, 0.717) is 12.8 Å². The Balaban J connectivity index is 1.72. The van der Waals surface area contributed by atoms with Crippen LogP contribution >= 0.6 is 0 Å². The molecule has 0 saturated heterocycles. The molecule has 0 aliphatic carbocycles. The highest BCUT2D eigenvalue weighted by atomic mass is 16.2. The zero-order valence-electron chi connectivity index (χ0n) is 14.9. The van der Waals surface area contributed by atoms with Gasteiger partial charge in [0.2, 0.25) is 5.91 Å². The number of amides is 1. The van der Waals surface area contributed by atoms with Crippen LogP contribution in [0.25, 0.3) is 11.0 Å². The monoisotopic (exact) mass is 344 g/mol. The normalized spacial score (nSPS) is 16.8. The van der Waals surface area contributed by atoms with Crippen LogP contribution in [-0.2, 0) is 4.79 Å². The molecule has 5 heteroatoms. The molecule has 1 atom stereocenters. The first-order valence-corrected chi connectivity index (χ1v) is 8.83. The SMILES string of the molecule is CCC(=O)N1N=C(c2ccc(C)cc2)C[C@@H]1c1ccc2nccnc2c1. The number of nitrogens with zero attached hydrogens (tertiary/aromatic N) is 4. The van der Waals surface area contributed by atoms with Crippen molar-refractivity contribution < 1.29 is 4.79 Å². The predicted octanol–water partition coefficient (Wildman–Crippen LogP) is 4.03. The highest BCUT2D eigenvalue weighted by molar-refractivity contribution is 6.03. The van der Waals surface area contributed by atoms with Crippen molar-refractivity contribution in [2.24, 2.45) is 5.10 Å². The maximum Gasteiger partial charge on any atom is 0.242 e. The Morgan fingerprint density at radius 1 is 1.08 bits per heavy atom. The highest BCUT2D eigenvalue weighted by Crippen LogP contribution is 2.34. The minimum Gasteiger partial charge on any atom is -0.273 e. The largest absolute Gasteiger partial charge is 0.273 e. The third kappa shape index (κ3) is 2.96. The van der Waals surface area contributed by atoms with Crippen molar-refractivity contribution >= 4 is 22.7 Å². The van der Waals surface area contributed by atoms with Gasteiger partial charge in [-0.05, 0) is 30.2 Å². The average molecular weight is 344 g/mol. The first kappa shape index (κ1) is 16.4. The van der Waals surface area contributed by atoms with Crippen molar-refractivity contribution in [1.29, 1.82) is 0 Å². The second kappa shape index (κ2) is 6.67. The molecule has 0 unspecified atom stereocenters. The van der Waals surface area contributed by atoms with Gasteiger partial charge >= 0.3 is 0 Å². The summed E-state index contributed by atoms with van der Waals surface area (Å²) in [6, 6.07) is 14.2. The standard InChI is InChI=1S/C21H20N4O/c1-3-21(26)25-20(13-18(24-25)15-6-4-14(2)5-7-15)16-8-9-17-19(12-16)23-11-10-22-17/h4-12,20H,3,13H2,1-2H3/t20-/m1/s1. The van der Waals surface area contributed by atoms with Gasteiger partial charge in [-0.1, -0.05) is 42.8 Å². The lowest BCUT2D eigenvalue weighted by Crippen LogP contribution is -2.26. The fraction of sp³-hybridized carbons (Fsp3) is 0.238. The van der Waals surface area contributed by atoms with E-state index in [0.717, 1.165) is 27.9 Å². The zero-order chi connectivity index (χ0) is 18.1. The van der Waals surface area contributed by atoms with E-state index < -0.39 is 0 Å².